The molecule has 8 heteroatoms. The molecule has 4 aliphatic carbocycles. The van der Waals surface area contributed by atoms with E-state index in [4.69, 9.17) is 18.9 Å². The molecule has 6 rings (SSSR count). The highest BCUT2D eigenvalue weighted by molar-refractivity contribution is 5.84. The summed E-state index contributed by atoms with van der Waals surface area (Å²) in [4.78, 5) is 11.8. The van der Waals surface area contributed by atoms with Crippen LogP contribution in [0.1, 0.15) is 78.6 Å². The summed E-state index contributed by atoms with van der Waals surface area (Å²) in [5, 5.41) is 33.4. The predicted molar refractivity (Wildman–Crippen MR) is 138 cm³/mol. The van der Waals surface area contributed by atoms with Gasteiger partial charge in [0.1, 0.15) is 24.4 Å². The lowest BCUT2D eigenvalue weighted by atomic mass is 9.43. The molecule has 2 aliphatic heterocycles. The summed E-state index contributed by atoms with van der Waals surface area (Å²) in [6.07, 6.45) is 7.90. The Morgan fingerprint density at radius 3 is 2.45 bits per heavy atom. The second-order valence-corrected chi connectivity index (χ2v) is 13.7. The zero-order valence-electron chi connectivity index (χ0n) is 23.3. The minimum Gasteiger partial charge on any atom is -0.455 e. The molecule has 0 unspecified atom stereocenters. The van der Waals surface area contributed by atoms with Crippen LogP contribution in [0.3, 0.4) is 0 Å². The van der Waals surface area contributed by atoms with E-state index in [1.54, 1.807) is 13.0 Å². The van der Waals surface area contributed by atoms with Crippen molar-refractivity contribution in [3.05, 3.63) is 12.2 Å². The van der Waals surface area contributed by atoms with Crippen molar-refractivity contribution in [3.63, 3.8) is 0 Å². The minimum absolute atomic E-state index is 0.0131. The normalized spacial score (nSPS) is 56.2. The van der Waals surface area contributed by atoms with Crippen LogP contribution in [0.4, 0.5) is 0 Å². The number of carbonyl (C=O) groups excluding carboxylic acids is 1. The first-order valence-electron chi connectivity index (χ1n) is 14.8. The van der Waals surface area contributed by atoms with Gasteiger partial charge in [-0.25, -0.2) is 4.79 Å². The van der Waals surface area contributed by atoms with Gasteiger partial charge in [0, 0.05) is 24.5 Å². The van der Waals surface area contributed by atoms with Gasteiger partial charge in [-0.15, -0.1) is 0 Å². The molecule has 0 aromatic carbocycles. The predicted octanol–water partition coefficient (Wildman–Crippen LogP) is 3.11. The summed E-state index contributed by atoms with van der Waals surface area (Å²) in [5.41, 5.74) is -0.829. The first-order valence-corrected chi connectivity index (χ1v) is 14.8. The second-order valence-electron chi connectivity index (χ2n) is 13.7. The maximum atomic E-state index is 12.4. The average Bonchev–Trinajstić information content (AvgIpc) is 3.43. The fourth-order valence-corrected chi connectivity index (χ4v) is 10.1. The van der Waals surface area contributed by atoms with Crippen molar-refractivity contribution in [2.45, 2.75) is 127 Å². The Morgan fingerprint density at radius 1 is 0.974 bits per heavy atom. The van der Waals surface area contributed by atoms with E-state index in [0.29, 0.717) is 11.8 Å². The van der Waals surface area contributed by atoms with Gasteiger partial charge < -0.3 is 34.3 Å². The van der Waals surface area contributed by atoms with E-state index in [1.807, 2.05) is 6.08 Å². The van der Waals surface area contributed by atoms with E-state index in [-0.39, 0.29) is 40.8 Å². The molecule has 6 aliphatic rings. The molecule has 214 valence electrons. The van der Waals surface area contributed by atoms with Crippen LogP contribution in [0.5, 0.6) is 0 Å². The first kappa shape index (κ1) is 27.2. The lowest BCUT2D eigenvalue weighted by Gasteiger charge is -2.64. The number of rotatable bonds is 4. The van der Waals surface area contributed by atoms with Gasteiger partial charge in [-0.2, -0.15) is 0 Å². The van der Waals surface area contributed by atoms with Crippen molar-refractivity contribution in [1.29, 1.82) is 0 Å². The number of aliphatic hydroxyl groups is 3. The number of ether oxygens (including phenoxy) is 4. The third-order valence-corrected chi connectivity index (χ3v) is 12.3. The van der Waals surface area contributed by atoms with Gasteiger partial charge in [-0.3, -0.25) is 0 Å². The van der Waals surface area contributed by atoms with Crippen LogP contribution in [-0.4, -0.2) is 76.9 Å². The van der Waals surface area contributed by atoms with Crippen LogP contribution < -0.4 is 0 Å². The summed E-state index contributed by atoms with van der Waals surface area (Å²) < 4.78 is 23.2. The molecule has 2 heterocycles. The third-order valence-electron chi connectivity index (χ3n) is 12.3. The van der Waals surface area contributed by atoms with Crippen LogP contribution in [0.2, 0.25) is 0 Å². The highest BCUT2D eigenvalue weighted by Gasteiger charge is 2.68. The van der Waals surface area contributed by atoms with E-state index in [0.717, 1.165) is 57.8 Å². The van der Waals surface area contributed by atoms with Crippen molar-refractivity contribution < 1.29 is 39.1 Å². The van der Waals surface area contributed by atoms with Crippen LogP contribution in [0.25, 0.3) is 0 Å². The van der Waals surface area contributed by atoms with Crippen molar-refractivity contribution in [1.82, 2.24) is 0 Å². The number of aliphatic hydroxyl groups excluding tert-OH is 2. The van der Waals surface area contributed by atoms with Crippen LogP contribution in [-0.2, 0) is 23.7 Å². The molecule has 0 radical (unpaired) electrons. The number of fused-ring (bicyclic) bond motifs is 5. The maximum Gasteiger partial charge on any atom is 0.331 e. The molecule has 1 saturated heterocycles. The zero-order valence-corrected chi connectivity index (χ0v) is 23.3. The summed E-state index contributed by atoms with van der Waals surface area (Å²) in [6, 6.07) is 0. The topological polar surface area (TPSA) is 115 Å². The SMILES string of the molecule is CO[C@H]1[C@@H](O)[C@@H](C)O[C@@H](O[C@H]2CC[C@@]3(C)[C@H](CC[C@@H]4[C@@H]3CC[C@]3(C)[C@@H]([C@H]5C=CC(=O)O5)CC[C@]43O)C2)[C@@H]1O. The minimum atomic E-state index is -1.04. The smallest absolute Gasteiger partial charge is 0.331 e. The summed E-state index contributed by atoms with van der Waals surface area (Å²) in [7, 11) is 1.49. The molecule has 4 saturated carbocycles. The monoisotopic (exact) mass is 534 g/mol. The Labute approximate surface area is 226 Å². The summed E-state index contributed by atoms with van der Waals surface area (Å²) in [6.45, 7) is 6.47. The highest BCUT2D eigenvalue weighted by atomic mass is 16.7. The van der Waals surface area contributed by atoms with Crippen molar-refractivity contribution in [2.75, 3.05) is 7.11 Å². The standard InChI is InChI=1S/C30H46O8/c1-16-24(32)26(35-4)25(33)27(36-16)37-18-9-12-28(2)17(15-18)5-6-20-19(28)10-13-29(3)21(11-14-30(20,29)34)22-7-8-23(31)38-22/h7-8,16-22,24-27,32-34H,5-6,9-15H2,1-4H3/t16-,17-,18+,19+,20-,21-,22-,24+,25-,26+,27+,28+,29-,30+/m1/s1. The van der Waals surface area contributed by atoms with Crippen molar-refractivity contribution in [2.24, 2.45) is 34.5 Å². The van der Waals surface area contributed by atoms with Crippen LogP contribution >= 0.6 is 0 Å². The van der Waals surface area contributed by atoms with Gasteiger partial charge >= 0.3 is 5.97 Å². The molecule has 0 bridgehead atoms. The molecular formula is C30H46O8. The Hall–Kier alpha value is -1.03. The molecule has 3 N–H and O–H groups in total. The molecule has 38 heavy (non-hydrogen) atoms. The molecule has 0 aromatic heterocycles. The maximum absolute atomic E-state index is 12.4. The second kappa shape index (κ2) is 9.52. The van der Waals surface area contributed by atoms with Gasteiger partial charge in [0.15, 0.2) is 6.29 Å². The Bertz CT molecular complexity index is 955. The zero-order chi connectivity index (χ0) is 27.0. The van der Waals surface area contributed by atoms with Gasteiger partial charge in [-0.1, -0.05) is 13.8 Å². The van der Waals surface area contributed by atoms with Gasteiger partial charge in [-0.05, 0) is 94.0 Å². The number of cyclic esters (lactones) is 1. The largest absolute Gasteiger partial charge is 0.455 e. The quantitative estimate of drug-likeness (QED) is 0.372. The number of esters is 1. The summed E-state index contributed by atoms with van der Waals surface area (Å²) in [5.74, 6) is 1.13. The van der Waals surface area contributed by atoms with Gasteiger partial charge in [0.05, 0.1) is 17.8 Å². The molecule has 8 nitrogen and oxygen atoms in total. The lowest BCUT2D eigenvalue weighted by Crippen LogP contribution is -2.63. The Balaban J connectivity index is 1.15. The van der Waals surface area contributed by atoms with Crippen molar-refractivity contribution in [3.8, 4) is 0 Å². The van der Waals surface area contributed by atoms with E-state index in [1.165, 1.54) is 7.11 Å². The number of hydrogen-bond acceptors (Lipinski definition) is 8. The number of methoxy groups -OCH3 is 1. The lowest BCUT2D eigenvalue weighted by molar-refractivity contribution is -0.313. The van der Waals surface area contributed by atoms with Crippen molar-refractivity contribution >= 4 is 5.97 Å². The third kappa shape index (κ3) is 3.88. The van der Waals surface area contributed by atoms with Gasteiger partial charge in [0.2, 0.25) is 0 Å². The van der Waals surface area contributed by atoms with E-state index >= 15 is 0 Å². The fraction of sp³-hybridized carbons (Fsp3) is 0.900. The van der Waals surface area contributed by atoms with E-state index in [9.17, 15) is 20.1 Å². The molecule has 5 fully saturated rings. The number of carbonyl (C=O) groups is 1. The van der Waals surface area contributed by atoms with Crippen LogP contribution in [0, 0.1) is 34.5 Å². The van der Waals surface area contributed by atoms with E-state index < -0.39 is 36.3 Å². The van der Waals surface area contributed by atoms with Crippen LogP contribution in [0.15, 0.2) is 12.2 Å². The number of hydrogen-bond donors (Lipinski definition) is 3. The molecule has 0 aromatic rings. The summed E-state index contributed by atoms with van der Waals surface area (Å²) >= 11 is 0. The van der Waals surface area contributed by atoms with E-state index in [2.05, 4.69) is 13.8 Å². The molecule has 0 spiro atoms. The average molecular weight is 535 g/mol. The molecule has 0 amide bonds. The van der Waals surface area contributed by atoms with Gasteiger partial charge in [0.25, 0.3) is 0 Å². The Kier molecular flexibility index (Phi) is 6.80. The highest BCUT2D eigenvalue weighted by Crippen LogP contribution is 2.69. The first-order chi connectivity index (χ1) is 18.0. The molecule has 14 atom stereocenters. The molecular weight excluding hydrogens is 488 g/mol. The fourth-order valence-electron chi connectivity index (χ4n) is 10.1. The Morgan fingerprint density at radius 2 is 1.74 bits per heavy atom.